The van der Waals surface area contributed by atoms with Crippen LogP contribution in [-0.4, -0.2) is 27.3 Å². The molecule has 0 amide bonds. The number of aryl methyl sites for hydroxylation is 1. The van der Waals surface area contributed by atoms with Gasteiger partial charge in [-0.1, -0.05) is 31.5 Å². The summed E-state index contributed by atoms with van der Waals surface area (Å²) in [5.41, 5.74) is 7.34. The lowest BCUT2D eigenvalue weighted by molar-refractivity contribution is 0.576. The molecule has 19 heavy (non-hydrogen) atoms. The zero-order valence-electron chi connectivity index (χ0n) is 12.0. The van der Waals surface area contributed by atoms with E-state index in [2.05, 4.69) is 0 Å². The largest absolute Gasteiger partial charge is 0.330 e. The molecule has 0 aliphatic heterocycles. The summed E-state index contributed by atoms with van der Waals surface area (Å²) in [6, 6.07) is 7.55. The number of nitrogens with zero attached hydrogens (tertiary/aromatic N) is 1. The summed E-state index contributed by atoms with van der Waals surface area (Å²) in [5, 5.41) is 0. The van der Waals surface area contributed by atoms with Crippen LogP contribution in [0.1, 0.15) is 25.8 Å². The first kappa shape index (κ1) is 16.0. The summed E-state index contributed by atoms with van der Waals surface area (Å²) in [6.45, 7) is 6.73. The predicted molar refractivity (Wildman–Crippen MR) is 80.8 cm³/mol. The third-order valence-electron chi connectivity index (χ3n) is 2.77. The van der Waals surface area contributed by atoms with Crippen molar-refractivity contribution in [1.29, 1.82) is 0 Å². The second-order valence-corrected chi connectivity index (χ2v) is 7.16. The number of anilines is 1. The van der Waals surface area contributed by atoms with Gasteiger partial charge in [0.15, 0.2) is 0 Å². The summed E-state index contributed by atoms with van der Waals surface area (Å²) >= 11 is 0. The van der Waals surface area contributed by atoms with Gasteiger partial charge in [0.1, 0.15) is 0 Å². The molecule has 0 aliphatic rings. The van der Waals surface area contributed by atoms with Crippen molar-refractivity contribution in [3.63, 3.8) is 0 Å². The molecule has 0 heterocycles. The quantitative estimate of drug-likeness (QED) is 0.834. The fourth-order valence-electron chi connectivity index (χ4n) is 1.89. The molecule has 0 atom stereocenters. The van der Waals surface area contributed by atoms with Gasteiger partial charge in [-0.05, 0) is 37.9 Å². The van der Waals surface area contributed by atoms with Crippen LogP contribution in [0.25, 0.3) is 0 Å². The lowest BCUT2D eigenvalue weighted by atomic mass is 10.2. The highest BCUT2D eigenvalue weighted by atomic mass is 32.2. The molecule has 1 aromatic rings. The standard InChI is InChI=1S/C14H24N2O2S/c1-12(2)11-19(17,18)16(10-4-9-15)14-7-5-13(3)6-8-14/h5-8,12H,4,9-11,15H2,1-3H3. The minimum Gasteiger partial charge on any atom is -0.330 e. The van der Waals surface area contributed by atoms with Gasteiger partial charge in [-0.15, -0.1) is 0 Å². The maximum Gasteiger partial charge on any atom is 0.235 e. The number of sulfonamides is 1. The van der Waals surface area contributed by atoms with Crippen LogP contribution in [0.2, 0.25) is 0 Å². The van der Waals surface area contributed by atoms with Crippen molar-refractivity contribution in [2.75, 3.05) is 23.1 Å². The van der Waals surface area contributed by atoms with E-state index in [1.54, 1.807) is 0 Å². The van der Waals surface area contributed by atoms with E-state index < -0.39 is 10.0 Å². The number of hydrogen-bond acceptors (Lipinski definition) is 3. The molecule has 0 unspecified atom stereocenters. The fourth-order valence-corrected chi connectivity index (χ4v) is 3.76. The second-order valence-electron chi connectivity index (χ2n) is 5.22. The van der Waals surface area contributed by atoms with Crippen LogP contribution >= 0.6 is 0 Å². The van der Waals surface area contributed by atoms with Gasteiger partial charge in [-0.3, -0.25) is 4.31 Å². The molecule has 2 N–H and O–H groups in total. The molecule has 0 saturated heterocycles. The van der Waals surface area contributed by atoms with Crippen LogP contribution in [-0.2, 0) is 10.0 Å². The normalized spacial score (nSPS) is 11.8. The molecule has 5 heteroatoms. The summed E-state index contributed by atoms with van der Waals surface area (Å²) in [4.78, 5) is 0. The van der Waals surface area contributed by atoms with Crippen molar-refractivity contribution in [3.05, 3.63) is 29.8 Å². The summed E-state index contributed by atoms with van der Waals surface area (Å²) in [6.07, 6.45) is 0.658. The molecule has 1 rings (SSSR count). The zero-order chi connectivity index (χ0) is 14.5. The predicted octanol–water partition coefficient (Wildman–Crippen LogP) is 2.14. The van der Waals surface area contributed by atoms with Crippen LogP contribution in [0, 0.1) is 12.8 Å². The van der Waals surface area contributed by atoms with Crippen LogP contribution in [0.3, 0.4) is 0 Å². The molecule has 108 valence electrons. The van der Waals surface area contributed by atoms with Gasteiger partial charge in [-0.2, -0.15) is 0 Å². The van der Waals surface area contributed by atoms with E-state index in [1.807, 2.05) is 45.0 Å². The maximum atomic E-state index is 12.4. The van der Waals surface area contributed by atoms with Crippen LogP contribution in [0.15, 0.2) is 24.3 Å². The highest BCUT2D eigenvalue weighted by molar-refractivity contribution is 7.92. The number of hydrogen-bond donors (Lipinski definition) is 1. The van der Waals surface area contributed by atoms with E-state index in [1.165, 1.54) is 4.31 Å². The first-order valence-corrected chi connectivity index (χ1v) is 8.25. The molecule has 4 nitrogen and oxygen atoms in total. The molecular formula is C14H24N2O2S. The van der Waals surface area contributed by atoms with E-state index in [9.17, 15) is 8.42 Å². The summed E-state index contributed by atoms with van der Waals surface area (Å²) in [5.74, 6) is 0.265. The molecule has 0 aromatic heterocycles. The van der Waals surface area contributed by atoms with Crippen LogP contribution in [0.5, 0.6) is 0 Å². The Labute approximate surface area is 116 Å². The first-order valence-electron chi connectivity index (χ1n) is 6.64. The fraction of sp³-hybridized carbons (Fsp3) is 0.571. The van der Waals surface area contributed by atoms with Crippen molar-refractivity contribution in [1.82, 2.24) is 0 Å². The minimum absolute atomic E-state index is 0.107. The third kappa shape index (κ3) is 4.84. The molecule has 0 spiro atoms. The number of benzene rings is 1. The Morgan fingerprint density at radius 1 is 1.21 bits per heavy atom. The average molecular weight is 284 g/mol. The molecule has 0 saturated carbocycles. The molecule has 0 radical (unpaired) electrons. The van der Waals surface area contributed by atoms with Crippen molar-refractivity contribution >= 4 is 15.7 Å². The van der Waals surface area contributed by atoms with Crippen molar-refractivity contribution in [2.45, 2.75) is 27.2 Å². The molecular weight excluding hydrogens is 260 g/mol. The van der Waals surface area contributed by atoms with E-state index in [0.29, 0.717) is 19.5 Å². The van der Waals surface area contributed by atoms with Gasteiger partial charge >= 0.3 is 0 Å². The van der Waals surface area contributed by atoms with E-state index >= 15 is 0 Å². The van der Waals surface area contributed by atoms with Gasteiger partial charge in [0.05, 0.1) is 11.4 Å². The summed E-state index contributed by atoms with van der Waals surface area (Å²) < 4.78 is 26.3. The van der Waals surface area contributed by atoms with E-state index in [-0.39, 0.29) is 11.7 Å². The molecule has 0 fully saturated rings. The van der Waals surface area contributed by atoms with E-state index in [4.69, 9.17) is 5.73 Å². The van der Waals surface area contributed by atoms with Gasteiger partial charge in [0.25, 0.3) is 0 Å². The highest BCUT2D eigenvalue weighted by Gasteiger charge is 2.23. The van der Waals surface area contributed by atoms with E-state index in [0.717, 1.165) is 11.3 Å². The maximum absolute atomic E-state index is 12.4. The van der Waals surface area contributed by atoms with Crippen molar-refractivity contribution in [3.8, 4) is 0 Å². The third-order valence-corrected chi connectivity index (χ3v) is 4.92. The Hall–Kier alpha value is -1.07. The minimum atomic E-state index is -3.28. The second kappa shape index (κ2) is 6.91. The van der Waals surface area contributed by atoms with Crippen LogP contribution < -0.4 is 10.0 Å². The highest BCUT2D eigenvalue weighted by Crippen LogP contribution is 2.20. The van der Waals surface area contributed by atoms with Gasteiger partial charge in [0.2, 0.25) is 10.0 Å². The molecule has 0 aliphatic carbocycles. The Morgan fingerprint density at radius 3 is 2.26 bits per heavy atom. The zero-order valence-corrected chi connectivity index (χ0v) is 12.8. The number of rotatable bonds is 7. The van der Waals surface area contributed by atoms with Crippen molar-refractivity contribution in [2.24, 2.45) is 11.7 Å². The van der Waals surface area contributed by atoms with Crippen LogP contribution in [0.4, 0.5) is 5.69 Å². The topological polar surface area (TPSA) is 63.4 Å². The average Bonchev–Trinajstić information content (AvgIpc) is 2.30. The summed E-state index contributed by atoms with van der Waals surface area (Å²) in [7, 11) is -3.28. The molecule has 1 aromatic carbocycles. The Kier molecular flexibility index (Phi) is 5.82. The Morgan fingerprint density at radius 2 is 1.79 bits per heavy atom. The van der Waals surface area contributed by atoms with Gasteiger partial charge in [0, 0.05) is 6.54 Å². The van der Waals surface area contributed by atoms with Gasteiger partial charge < -0.3 is 5.73 Å². The Balaban J connectivity index is 3.03. The SMILES string of the molecule is Cc1ccc(N(CCCN)S(=O)(=O)CC(C)C)cc1. The monoisotopic (exact) mass is 284 g/mol. The smallest absolute Gasteiger partial charge is 0.235 e. The number of nitrogens with two attached hydrogens (primary N) is 1. The van der Waals surface area contributed by atoms with Crippen molar-refractivity contribution < 1.29 is 8.42 Å². The lowest BCUT2D eigenvalue weighted by Gasteiger charge is -2.25. The lowest BCUT2D eigenvalue weighted by Crippen LogP contribution is -2.36. The first-order chi connectivity index (χ1) is 8.86. The molecule has 0 bridgehead atoms. The Bertz CT molecular complexity index is 481. The van der Waals surface area contributed by atoms with Gasteiger partial charge in [-0.25, -0.2) is 8.42 Å².